The first-order valence-electron chi connectivity index (χ1n) is 9.69. The van der Waals surface area contributed by atoms with Crippen molar-refractivity contribution in [2.75, 3.05) is 13.2 Å². The van der Waals surface area contributed by atoms with Gasteiger partial charge in [-0.3, -0.25) is 24.1 Å². The number of nitrogens with zero attached hydrogens (tertiary/aromatic N) is 3. The molecule has 1 aliphatic carbocycles. The first-order valence-corrected chi connectivity index (χ1v) is 9.69. The molecule has 28 heavy (non-hydrogen) atoms. The summed E-state index contributed by atoms with van der Waals surface area (Å²) in [6.07, 6.45) is 2.32. The van der Waals surface area contributed by atoms with Gasteiger partial charge in [0.25, 0.3) is 5.91 Å². The highest BCUT2D eigenvalue weighted by Crippen LogP contribution is 2.31. The number of aromatic nitrogens is 2. The fourth-order valence-electron chi connectivity index (χ4n) is 3.02. The SMILES string of the molecule is CC(C)COC(=O)Cc1noc(CC2CCC(=O)N(CC3CC3)C(=O)C2=O)n1. The van der Waals surface area contributed by atoms with Crippen LogP contribution in [0.5, 0.6) is 0 Å². The molecule has 9 nitrogen and oxygen atoms in total. The van der Waals surface area contributed by atoms with Crippen molar-refractivity contribution in [3.8, 4) is 0 Å². The van der Waals surface area contributed by atoms with E-state index in [-0.39, 0.29) is 49.2 Å². The van der Waals surface area contributed by atoms with Crippen molar-refractivity contribution in [1.29, 1.82) is 0 Å². The molecule has 0 radical (unpaired) electrons. The van der Waals surface area contributed by atoms with Crippen LogP contribution in [0.15, 0.2) is 4.52 Å². The molecular weight excluding hydrogens is 366 g/mol. The van der Waals surface area contributed by atoms with Crippen molar-refractivity contribution in [3.63, 3.8) is 0 Å². The summed E-state index contributed by atoms with van der Waals surface area (Å²) in [7, 11) is 0. The number of carbonyl (C=O) groups is 4. The normalized spacial score (nSPS) is 20.6. The third-order valence-corrected chi connectivity index (χ3v) is 4.78. The summed E-state index contributed by atoms with van der Waals surface area (Å²) in [6, 6.07) is 0. The fraction of sp³-hybridized carbons (Fsp3) is 0.684. The van der Waals surface area contributed by atoms with E-state index in [0.29, 0.717) is 19.1 Å². The maximum Gasteiger partial charge on any atom is 0.313 e. The summed E-state index contributed by atoms with van der Waals surface area (Å²) < 4.78 is 10.2. The molecule has 9 heteroatoms. The molecule has 3 rings (SSSR count). The molecule has 0 aromatic carbocycles. The molecule has 152 valence electrons. The van der Waals surface area contributed by atoms with Crippen LogP contribution in [0, 0.1) is 17.8 Å². The Bertz CT molecular complexity index is 767. The van der Waals surface area contributed by atoms with Crippen molar-refractivity contribution in [3.05, 3.63) is 11.7 Å². The van der Waals surface area contributed by atoms with Gasteiger partial charge in [0, 0.05) is 25.3 Å². The van der Waals surface area contributed by atoms with E-state index < -0.39 is 23.6 Å². The van der Waals surface area contributed by atoms with Gasteiger partial charge < -0.3 is 9.26 Å². The average molecular weight is 391 g/mol. The van der Waals surface area contributed by atoms with Gasteiger partial charge in [-0.2, -0.15) is 4.98 Å². The number of rotatable bonds is 8. The molecule has 1 aromatic heterocycles. The minimum absolute atomic E-state index is 0.0726. The Morgan fingerprint density at radius 3 is 2.68 bits per heavy atom. The molecular formula is C19H25N3O6. The lowest BCUT2D eigenvalue weighted by Gasteiger charge is -2.17. The minimum Gasteiger partial charge on any atom is -0.465 e. The van der Waals surface area contributed by atoms with Crippen molar-refractivity contribution >= 4 is 23.6 Å². The summed E-state index contributed by atoms with van der Waals surface area (Å²) in [4.78, 5) is 54.1. The molecule has 1 unspecified atom stereocenters. The lowest BCUT2D eigenvalue weighted by molar-refractivity contribution is -0.151. The summed E-state index contributed by atoms with van der Waals surface area (Å²) >= 11 is 0. The van der Waals surface area contributed by atoms with Crippen LogP contribution >= 0.6 is 0 Å². The molecule has 2 heterocycles. The Morgan fingerprint density at radius 1 is 1.25 bits per heavy atom. The van der Waals surface area contributed by atoms with Gasteiger partial charge in [0.05, 0.1) is 6.61 Å². The van der Waals surface area contributed by atoms with Gasteiger partial charge in [-0.05, 0) is 31.1 Å². The largest absolute Gasteiger partial charge is 0.465 e. The number of imide groups is 1. The second-order valence-electron chi connectivity index (χ2n) is 7.91. The number of esters is 1. The van der Waals surface area contributed by atoms with Crippen molar-refractivity contribution in [2.45, 2.75) is 52.4 Å². The molecule has 0 spiro atoms. The lowest BCUT2D eigenvalue weighted by Crippen LogP contribution is -2.41. The number of amides is 2. The zero-order valence-corrected chi connectivity index (χ0v) is 16.2. The van der Waals surface area contributed by atoms with Crippen LogP contribution in [0.1, 0.15) is 51.2 Å². The fourth-order valence-corrected chi connectivity index (χ4v) is 3.02. The summed E-state index contributed by atoms with van der Waals surface area (Å²) in [5.41, 5.74) is 0. The molecule has 2 fully saturated rings. The Labute approximate surface area is 162 Å². The first-order chi connectivity index (χ1) is 13.3. The van der Waals surface area contributed by atoms with E-state index in [2.05, 4.69) is 10.1 Å². The van der Waals surface area contributed by atoms with Crippen LogP contribution in [-0.2, 0) is 36.8 Å². The Hall–Kier alpha value is -2.58. The Balaban J connectivity index is 1.58. The van der Waals surface area contributed by atoms with Crippen LogP contribution in [0.2, 0.25) is 0 Å². The minimum atomic E-state index is -0.739. The van der Waals surface area contributed by atoms with Gasteiger partial charge in [0.2, 0.25) is 17.6 Å². The number of ketones is 1. The van der Waals surface area contributed by atoms with Crippen LogP contribution in [0.4, 0.5) is 0 Å². The van der Waals surface area contributed by atoms with E-state index in [1.165, 1.54) is 0 Å². The molecule has 0 bridgehead atoms. The second-order valence-corrected chi connectivity index (χ2v) is 7.91. The molecule has 2 amide bonds. The lowest BCUT2D eigenvalue weighted by atomic mass is 9.95. The quantitative estimate of drug-likeness (QED) is 0.367. The predicted octanol–water partition coefficient (Wildman–Crippen LogP) is 1.10. The van der Waals surface area contributed by atoms with E-state index in [4.69, 9.17) is 9.26 Å². The van der Waals surface area contributed by atoms with E-state index >= 15 is 0 Å². The zero-order chi connectivity index (χ0) is 20.3. The number of hydrogen-bond donors (Lipinski definition) is 0. The topological polar surface area (TPSA) is 120 Å². The maximum atomic E-state index is 12.5. The van der Waals surface area contributed by atoms with Gasteiger partial charge in [-0.15, -0.1) is 0 Å². The smallest absolute Gasteiger partial charge is 0.313 e. The van der Waals surface area contributed by atoms with Crippen LogP contribution < -0.4 is 0 Å². The van der Waals surface area contributed by atoms with Gasteiger partial charge in [-0.1, -0.05) is 19.0 Å². The maximum absolute atomic E-state index is 12.5. The summed E-state index contributed by atoms with van der Waals surface area (Å²) in [5.74, 6) is -1.88. The zero-order valence-electron chi connectivity index (χ0n) is 16.2. The van der Waals surface area contributed by atoms with Gasteiger partial charge >= 0.3 is 5.97 Å². The van der Waals surface area contributed by atoms with Crippen molar-refractivity contribution < 1.29 is 28.4 Å². The predicted molar refractivity (Wildman–Crippen MR) is 94.7 cm³/mol. The third-order valence-electron chi connectivity index (χ3n) is 4.78. The molecule has 2 aliphatic rings. The number of hydrogen-bond acceptors (Lipinski definition) is 8. The third kappa shape index (κ3) is 5.24. The molecule has 1 atom stereocenters. The van der Waals surface area contributed by atoms with Crippen LogP contribution in [0.25, 0.3) is 0 Å². The van der Waals surface area contributed by atoms with Gasteiger partial charge in [0.1, 0.15) is 6.42 Å². The van der Waals surface area contributed by atoms with E-state index in [9.17, 15) is 19.2 Å². The first kappa shape index (κ1) is 20.2. The van der Waals surface area contributed by atoms with Crippen molar-refractivity contribution in [1.82, 2.24) is 15.0 Å². The standard InChI is InChI=1S/C19H25N3O6/c1-11(2)10-27-17(24)8-14-20-15(28-21-14)7-13-5-6-16(23)22(9-12-3-4-12)19(26)18(13)25/h11-13H,3-10H2,1-2H3. The molecule has 1 saturated heterocycles. The molecule has 0 N–H and O–H groups in total. The molecule has 1 aliphatic heterocycles. The van der Waals surface area contributed by atoms with E-state index in [1.807, 2.05) is 13.8 Å². The Morgan fingerprint density at radius 2 is 2.00 bits per heavy atom. The molecule has 1 saturated carbocycles. The van der Waals surface area contributed by atoms with Gasteiger partial charge in [0.15, 0.2) is 5.82 Å². The number of Topliss-reactive ketones (excluding diaryl/α,β-unsaturated/α-hetero) is 1. The highest BCUT2D eigenvalue weighted by molar-refractivity contribution is 6.39. The van der Waals surface area contributed by atoms with Crippen molar-refractivity contribution in [2.24, 2.45) is 17.8 Å². The second kappa shape index (κ2) is 8.62. The van der Waals surface area contributed by atoms with E-state index in [1.54, 1.807) is 0 Å². The number of likely N-dealkylation sites (tertiary alicyclic amines) is 1. The molecule has 1 aromatic rings. The van der Waals surface area contributed by atoms with E-state index in [0.717, 1.165) is 17.7 Å². The summed E-state index contributed by atoms with van der Waals surface area (Å²) in [5, 5.41) is 3.73. The Kier molecular flexibility index (Phi) is 6.21. The van der Waals surface area contributed by atoms with Crippen LogP contribution in [0.3, 0.4) is 0 Å². The summed E-state index contributed by atoms with van der Waals surface area (Å²) in [6.45, 7) is 4.51. The number of ether oxygens (including phenoxy) is 1. The number of carbonyl (C=O) groups excluding carboxylic acids is 4. The van der Waals surface area contributed by atoms with Gasteiger partial charge in [-0.25, -0.2) is 0 Å². The van der Waals surface area contributed by atoms with Crippen LogP contribution in [-0.4, -0.2) is 51.8 Å². The highest BCUT2D eigenvalue weighted by Gasteiger charge is 2.39. The average Bonchev–Trinajstić information content (AvgIpc) is 3.39. The monoisotopic (exact) mass is 391 g/mol. The highest BCUT2D eigenvalue weighted by atomic mass is 16.5.